The summed E-state index contributed by atoms with van der Waals surface area (Å²) < 4.78 is 64.7. The zero-order valence-corrected chi connectivity index (χ0v) is 13.9. The lowest BCUT2D eigenvalue weighted by atomic mass is 10.1. The molecule has 0 amide bonds. The van der Waals surface area contributed by atoms with Crippen LogP contribution in [-0.2, 0) is 10.0 Å². The quantitative estimate of drug-likeness (QED) is 0.900. The molecule has 1 atom stereocenters. The van der Waals surface area contributed by atoms with Gasteiger partial charge in [0, 0.05) is 12.1 Å². The Hall–Kier alpha value is -2.35. The van der Waals surface area contributed by atoms with E-state index in [1.807, 2.05) is 0 Å². The SMILES string of the molecule is O=S(=O)(Nc1ccc(C2CC2(F)F)cc1)c1cccc2c1OCCO2. The Bertz CT molecular complexity index is 913. The zero-order chi connectivity index (χ0) is 17.7. The van der Waals surface area contributed by atoms with Gasteiger partial charge >= 0.3 is 0 Å². The van der Waals surface area contributed by atoms with Gasteiger partial charge in [0.25, 0.3) is 15.9 Å². The van der Waals surface area contributed by atoms with E-state index in [9.17, 15) is 17.2 Å². The summed E-state index contributed by atoms with van der Waals surface area (Å²) in [7, 11) is -3.90. The predicted molar refractivity (Wildman–Crippen MR) is 87.0 cm³/mol. The van der Waals surface area contributed by atoms with Gasteiger partial charge in [-0.15, -0.1) is 0 Å². The minimum atomic E-state index is -3.90. The molecule has 1 fully saturated rings. The van der Waals surface area contributed by atoms with E-state index in [0.29, 0.717) is 23.6 Å². The van der Waals surface area contributed by atoms with Crippen molar-refractivity contribution in [1.29, 1.82) is 0 Å². The Morgan fingerprint density at radius 3 is 2.40 bits per heavy atom. The number of nitrogens with one attached hydrogen (secondary N) is 1. The molecular weight excluding hydrogens is 352 g/mol. The molecule has 1 aliphatic heterocycles. The minimum Gasteiger partial charge on any atom is -0.486 e. The summed E-state index contributed by atoms with van der Waals surface area (Å²) >= 11 is 0. The van der Waals surface area contributed by atoms with E-state index in [4.69, 9.17) is 9.47 Å². The van der Waals surface area contributed by atoms with E-state index in [2.05, 4.69) is 4.72 Å². The molecule has 0 bridgehead atoms. The minimum absolute atomic E-state index is 0.0255. The third kappa shape index (κ3) is 3.02. The normalized spacial score (nSPS) is 20.8. The van der Waals surface area contributed by atoms with E-state index in [1.54, 1.807) is 12.1 Å². The first-order chi connectivity index (χ1) is 11.9. The molecule has 5 nitrogen and oxygen atoms in total. The summed E-state index contributed by atoms with van der Waals surface area (Å²) in [5, 5.41) is 0. The molecular formula is C17H15F2NO4S. The lowest BCUT2D eigenvalue weighted by Crippen LogP contribution is -2.20. The van der Waals surface area contributed by atoms with Crippen LogP contribution < -0.4 is 14.2 Å². The number of rotatable bonds is 4. The first-order valence-electron chi connectivity index (χ1n) is 7.76. The number of anilines is 1. The Kier molecular flexibility index (Phi) is 3.61. The van der Waals surface area contributed by atoms with Crippen molar-refractivity contribution in [3.8, 4) is 11.5 Å². The van der Waals surface area contributed by atoms with Gasteiger partial charge in [0.15, 0.2) is 11.5 Å². The summed E-state index contributed by atoms with van der Waals surface area (Å²) in [5.74, 6) is -2.87. The van der Waals surface area contributed by atoms with Crippen LogP contribution >= 0.6 is 0 Å². The fourth-order valence-corrected chi connectivity index (χ4v) is 4.04. The second kappa shape index (κ2) is 5.59. The molecule has 4 rings (SSSR count). The summed E-state index contributed by atoms with van der Waals surface area (Å²) in [5.41, 5.74) is 0.795. The number of hydrogen-bond acceptors (Lipinski definition) is 4. The monoisotopic (exact) mass is 367 g/mol. The molecule has 1 N–H and O–H groups in total. The fourth-order valence-electron chi connectivity index (χ4n) is 2.83. The highest BCUT2D eigenvalue weighted by Crippen LogP contribution is 2.55. The highest BCUT2D eigenvalue weighted by atomic mass is 32.2. The number of hydrogen-bond donors (Lipinski definition) is 1. The van der Waals surface area contributed by atoms with E-state index in [0.717, 1.165) is 0 Å². The van der Waals surface area contributed by atoms with Gasteiger partial charge in [0.1, 0.15) is 18.1 Å². The van der Waals surface area contributed by atoms with Crippen molar-refractivity contribution in [3.05, 3.63) is 48.0 Å². The number of ether oxygens (including phenoxy) is 2. The molecule has 132 valence electrons. The Balaban J connectivity index is 1.58. The van der Waals surface area contributed by atoms with Crippen LogP contribution in [-0.4, -0.2) is 27.6 Å². The molecule has 1 heterocycles. The van der Waals surface area contributed by atoms with Gasteiger partial charge in [-0.05, 0) is 29.8 Å². The van der Waals surface area contributed by atoms with Crippen molar-refractivity contribution in [3.63, 3.8) is 0 Å². The first kappa shape index (κ1) is 16.1. The van der Waals surface area contributed by atoms with E-state index < -0.39 is 21.9 Å². The topological polar surface area (TPSA) is 64.6 Å². The molecule has 2 aromatic carbocycles. The molecule has 0 spiro atoms. The summed E-state index contributed by atoms with van der Waals surface area (Å²) in [6.45, 7) is 0.626. The number of para-hydroxylation sites is 1. The Morgan fingerprint density at radius 1 is 1.04 bits per heavy atom. The van der Waals surface area contributed by atoms with E-state index >= 15 is 0 Å². The largest absolute Gasteiger partial charge is 0.486 e. The second-order valence-electron chi connectivity index (χ2n) is 6.03. The van der Waals surface area contributed by atoms with Crippen LogP contribution in [0.2, 0.25) is 0 Å². The first-order valence-corrected chi connectivity index (χ1v) is 9.24. The van der Waals surface area contributed by atoms with Crippen molar-refractivity contribution in [1.82, 2.24) is 0 Å². The van der Waals surface area contributed by atoms with Gasteiger partial charge in [-0.3, -0.25) is 4.72 Å². The van der Waals surface area contributed by atoms with Gasteiger partial charge in [0.05, 0.1) is 5.92 Å². The Morgan fingerprint density at radius 2 is 1.72 bits per heavy atom. The van der Waals surface area contributed by atoms with Crippen LogP contribution in [0.25, 0.3) is 0 Å². The maximum absolute atomic E-state index is 13.1. The van der Waals surface area contributed by atoms with Crippen LogP contribution in [0.15, 0.2) is 47.4 Å². The zero-order valence-electron chi connectivity index (χ0n) is 13.0. The molecule has 0 saturated heterocycles. The molecule has 25 heavy (non-hydrogen) atoms. The summed E-state index contributed by atoms with van der Waals surface area (Å²) in [6.07, 6.45) is -0.161. The van der Waals surface area contributed by atoms with Crippen LogP contribution in [0.5, 0.6) is 11.5 Å². The number of sulfonamides is 1. The van der Waals surface area contributed by atoms with Crippen molar-refractivity contribution in [2.24, 2.45) is 0 Å². The lowest BCUT2D eigenvalue weighted by molar-refractivity contribution is 0.112. The number of halogens is 2. The fraction of sp³-hybridized carbons (Fsp3) is 0.294. The predicted octanol–water partition coefficient (Wildman–Crippen LogP) is 3.38. The van der Waals surface area contributed by atoms with Gasteiger partial charge < -0.3 is 9.47 Å². The molecule has 2 aromatic rings. The average molecular weight is 367 g/mol. The molecule has 0 radical (unpaired) electrons. The Labute approximate surface area is 143 Å². The van der Waals surface area contributed by atoms with E-state index in [-0.39, 0.29) is 23.7 Å². The molecule has 8 heteroatoms. The maximum Gasteiger partial charge on any atom is 0.265 e. The van der Waals surface area contributed by atoms with Gasteiger partial charge in [-0.2, -0.15) is 0 Å². The van der Waals surface area contributed by atoms with Gasteiger partial charge in [-0.1, -0.05) is 18.2 Å². The third-order valence-corrected chi connectivity index (χ3v) is 5.62. The summed E-state index contributed by atoms with van der Waals surface area (Å²) in [4.78, 5) is -0.0255. The van der Waals surface area contributed by atoms with Crippen molar-refractivity contribution < 1.29 is 26.7 Å². The van der Waals surface area contributed by atoms with Crippen molar-refractivity contribution in [2.75, 3.05) is 17.9 Å². The van der Waals surface area contributed by atoms with E-state index in [1.165, 1.54) is 30.3 Å². The second-order valence-corrected chi connectivity index (χ2v) is 7.68. The highest BCUT2D eigenvalue weighted by molar-refractivity contribution is 7.92. The molecule has 0 aromatic heterocycles. The lowest BCUT2D eigenvalue weighted by Gasteiger charge is -2.21. The highest BCUT2D eigenvalue weighted by Gasteiger charge is 2.57. The van der Waals surface area contributed by atoms with Crippen LogP contribution in [0.3, 0.4) is 0 Å². The summed E-state index contributed by atoms with van der Waals surface area (Å²) in [6, 6.07) is 10.6. The number of alkyl halides is 2. The van der Waals surface area contributed by atoms with Gasteiger partial charge in [0.2, 0.25) is 0 Å². The van der Waals surface area contributed by atoms with Crippen LogP contribution in [0.1, 0.15) is 17.9 Å². The van der Waals surface area contributed by atoms with Crippen molar-refractivity contribution >= 4 is 15.7 Å². The molecule has 1 saturated carbocycles. The van der Waals surface area contributed by atoms with Crippen molar-refractivity contribution in [2.45, 2.75) is 23.2 Å². The maximum atomic E-state index is 13.1. The third-order valence-electron chi connectivity index (χ3n) is 4.21. The van der Waals surface area contributed by atoms with Crippen LogP contribution in [0, 0.1) is 0 Å². The average Bonchev–Trinajstić information content (AvgIpc) is 3.23. The molecule has 2 aliphatic rings. The smallest absolute Gasteiger partial charge is 0.265 e. The number of benzene rings is 2. The van der Waals surface area contributed by atoms with Gasteiger partial charge in [-0.25, -0.2) is 17.2 Å². The van der Waals surface area contributed by atoms with Crippen LogP contribution in [0.4, 0.5) is 14.5 Å². The standard InChI is InChI=1S/C17H15F2NO4S/c18-17(19)10-13(17)11-4-6-12(7-5-11)20-25(21,22)15-3-1-2-14-16(15)24-9-8-23-14/h1-7,13,20H,8-10H2. The number of fused-ring (bicyclic) bond motifs is 1. The molecule has 1 aliphatic carbocycles. The molecule has 1 unspecified atom stereocenters.